The summed E-state index contributed by atoms with van der Waals surface area (Å²) in [6.07, 6.45) is 1.50. The molecule has 2 N–H and O–H groups in total. The number of rotatable bonds is 5. The molecule has 2 aromatic heterocycles. The van der Waals surface area contributed by atoms with Crippen molar-refractivity contribution in [3.05, 3.63) is 30.2 Å². The van der Waals surface area contributed by atoms with E-state index in [1.807, 2.05) is 0 Å². The fourth-order valence-electron chi connectivity index (χ4n) is 1.32. The number of anilines is 3. The van der Waals surface area contributed by atoms with E-state index in [0.717, 1.165) is 4.31 Å². The molecule has 0 atom stereocenters. The SMILES string of the molecule is Cc1cc(Nc2ccc(NS(=O)(=O)N(C)C)nc2)no1. The molecule has 2 rings (SSSR count). The largest absolute Gasteiger partial charge is 0.360 e. The summed E-state index contributed by atoms with van der Waals surface area (Å²) in [5, 5.41) is 6.77. The predicted molar refractivity (Wildman–Crippen MR) is 75.0 cm³/mol. The molecule has 0 spiro atoms. The van der Waals surface area contributed by atoms with Gasteiger partial charge in [0.2, 0.25) is 0 Å². The van der Waals surface area contributed by atoms with Crippen molar-refractivity contribution >= 4 is 27.5 Å². The van der Waals surface area contributed by atoms with Crippen LogP contribution in [0.15, 0.2) is 28.9 Å². The molecule has 2 aromatic rings. The zero-order valence-electron chi connectivity index (χ0n) is 11.3. The van der Waals surface area contributed by atoms with Crippen LogP contribution in [0, 0.1) is 6.92 Å². The van der Waals surface area contributed by atoms with Gasteiger partial charge in [0.1, 0.15) is 11.6 Å². The Hall–Kier alpha value is -2.13. The zero-order valence-corrected chi connectivity index (χ0v) is 12.1. The van der Waals surface area contributed by atoms with Crippen LogP contribution in [0.1, 0.15) is 5.76 Å². The molecule has 0 saturated carbocycles. The molecule has 0 saturated heterocycles. The summed E-state index contributed by atoms with van der Waals surface area (Å²) in [6, 6.07) is 4.98. The molecule has 0 bridgehead atoms. The molecule has 2 heterocycles. The summed E-state index contributed by atoms with van der Waals surface area (Å²) in [7, 11) is -0.675. The van der Waals surface area contributed by atoms with Crippen LogP contribution >= 0.6 is 0 Å². The van der Waals surface area contributed by atoms with E-state index in [0.29, 0.717) is 17.3 Å². The minimum atomic E-state index is -3.55. The van der Waals surface area contributed by atoms with E-state index in [2.05, 4.69) is 20.2 Å². The van der Waals surface area contributed by atoms with Gasteiger partial charge in [0.25, 0.3) is 0 Å². The van der Waals surface area contributed by atoms with Crippen LogP contribution in [-0.2, 0) is 10.2 Å². The topological polar surface area (TPSA) is 100 Å². The van der Waals surface area contributed by atoms with Gasteiger partial charge >= 0.3 is 10.2 Å². The predicted octanol–water partition coefficient (Wildman–Crippen LogP) is 1.34. The smallest absolute Gasteiger partial charge is 0.302 e. The van der Waals surface area contributed by atoms with E-state index >= 15 is 0 Å². The first kappa shape index (κ1) is 14.3. The van der Waals surface area contributed by atoms with Crippen molar-refractivity contribution in [1.29, 1.82) is 0 Å². The summed E-state index contributed by atoms with van der Waals surface area (Å²) in [6.45, 7) is 1.79. The van der Waals surface area contributed by atoms with Crippen molar-refractivity contribution in [3.8, 4) is 0 Å². The number of pyridine rings is 1. The second-order valence-electron chi connectivity index (χ2n) is 4.27. The van der Waals surface area contributed by atoms with E-state index in [-0.39, 0.29) is 5.82 Å². The lowest BCUT2D eigenvalue weighted by molar-refractivity contribution is 0.400. The van der Waals surface area contributed by atoms with Gasteiger partial charge in [-0.05, 0) is 19.1 Å². The van der Waals surface area contributed by atoms with E-state index in [1.54, 1.807) is 25.1 Å². The van der Waals surface area contributed by atoms with E-state index in [1.165, 1.54) is 20.3 Å². The van der Waals surface area contributed by atoms with Gasteiger partial charge in [0.05, 0.1) is 11.9 Å². The highest BCUT2D eigenvalue weighted by atomic mass is 32.2. The monoisotopic (exact) mass is 297 g/mol. The van der Waals surface area contributed by atoms with Crippen molar-refractivity contribution in [3.63, 3.8) is 0 Å². The summed E-state index contributed by atoms with van der Waals surface area (Å²) in [5.74, 6) is 1.49. The lowest BCUT2D eigenvalue weighted by Gasteiger charge is -2.12. The molecule has 0 aliphatic rings. The highest BCUT2D eigenvalue weighted by Crippen LogP contribution is 2.17. The lowest BCUT2D eigenvalue weighted by Crippen LogP contribution is -2.29. The molecule has 8 nitrogen and oxygen atoms in total. The maximum absolute atomic E-state index is 11.6. The van der Waals surface area contributed by atoms with Gasteiger partial charge in [0.15, 0.2) is 5.82 Å². The van der Waals surface area contributed by atoms with Crippen LogP contribution in [0.25, 0.3) is 0 Å². The molecule has 20 heavy (non-hydrogen) atoms. The number of hydrogen-bond donors (Lipinski definition) is 2. The minimum Gasteiger partial charge on any atom is -0.360 e. The number of aromatic nitrogens is 2. The van der Waals surface area contributed by atoms with Crippen molar-refractivity contribution in [2.75, 3.05) is 24.1 Å². The van der Waals surface area contributed by atoms with Crippen LogP contribution in [-0.4, -0.2) is 37.0 Å². The van der Waals surface area contributed by atoms with Gasteiger partial charge < -0.3 is 9.84 Å². The third-order valence-corrected chi connectivity index (χ3v) is 3.81. The van der Waals surface area contributed by atoms with Crippen LogP contribution < -0.4 is 10.0 Å². The maximum Gasteiger partial charge on any atom is 0.302 e. The maximum atomic E-state index is 11.6. The Morgan fingerprint density at radius 3 is 2.50 bits per heavy atom. The third kappa shape index (κ3) is 3.45. The van der Waals surface area contributed by atoms with E-state index < -0.39 is 10.2 Å². The first-order valence-corrected chi connectivity index (χ1v) is 7.17. The fourth-order valence-corrected chi connectivity index (χ4v) is 1.89. The summed E-state index contributed by atoms with van der Waals surface area (Å²) >= 11 is 0. The van der Waals surface area contributed by atoms with E-state index in [4.69, 9.17) is 4.52 Å². The Morgan fingerprint density at radius 1 is 1.25 bits per heavy atom. The Bertz CT molecular complexity index is 678. The summed E-state index contributed by atoms with van der Waals surface area (Å²) < 4.78 is 31.6. The quantitative estimate of drug-likeness (QED) is 0.863. The van der Waals surface area contributed by atoms with Crippen molar-refractivity contribution in [2.45, 2.75) is 6.92 Å². The van der Waals surface area contributed by atoms with E-state index in [9.17, 15) is 8.42 Å². The molecule has 108 valence electrons. The normalized spacial score (nSPS) is 11.6. The second kappa shape index (κ2) is 5.47. The molecular weight excluding hydrogens is 282 g/mol. The molecule has 0 aliphatic carbocycles. The first-order valence-electron chi connectivity index (χ1n) is 5.73. The Morgan fingerprint density at radius 2 is 2.00 bits per heavy atom. The summed E-state index contributed by atoms with van der Waals surface area (Å²) in [4.78, 5) is 4.01. The highest BCUT2D eigenvalue weighted by Gasteiger charge is 2.13. The van der Waals surface area contributed by atoms with Crippen molar-refractivity contribution in [2.24, 2.45) is 0 Å². The molecule has 0 amide bonds. The van der Waals surface area contributed by atoms with Crippen LogP contribution in [0.3, 0.4) is 0 Å². The van der Waals surface area contributed by atoms with Gasteiger partial charge in [-0.1, -0.05) is 5.16 Å². The number of hydrogen-bond acceptors (Lipinski definition) is 6. The van der Waals surface area contributed by atoms with Crippen molar-refractivity contribution < 1.29 is 12.9 Å². The van der Waals surface area contributed by atoms with Gasteiger partial charge in [-0.3, -0.25) is 4.72 Å². The molecule has 0 aromatic carbocycles. The summed E-state index contributed by atoms with van der Waals surface area (Å²) in [5.41, 5.74) is 0.672. The first-order chi connectivity index (χ1) is 9.37. The number of nitrogens with one attached hydrogen (secondary N) is 2. The van der Waals surface area contributed by atoms with Crippen LogP contribution in [0.4, 0.5) is 17.3 Å². The molecule has 0 radical (unpaired) electrons. The van der Waals surface area contributed by atoms with Gasteiger partial charge in [-0.2, -0.15) is 12.7 Å². The fraction of sp³-hybridized carbons (Fsp3) is 0.273. The lowest BCUT2D eigenvalue weighted by atomic mass is 10.4. The van der Waals surface area contributed by atoms with Crippen LogP contribution in [0.2, 0.25) is 0 Å². The Balaban J connectivity index is 2.07. The molecule has 9 heteroatoms. The second-order valence-corrected chi connectivity index (χ2v) is 6.15. The van der Waals surface area contributed by atoms with Gasteiger partial charge in [-0.15, -0.1) is 0 Å². The molecule has 0 unspecified atom stereocenters. The number of aryl methyl sites for hydroxylation is 1. The Kier molecular flexibility index (Phi) is 3.91. The molecule has 0 aliphatic heterocycles. The standard InChI is InChI=1S/C11H15N5O3S/c1-8-6-11(14-19-8)13-9-4-5-10(12-7-9)15-20(17,18)16(2)3/h4-7H,1-3H3,(H,12,15)(H,13,14). The third-order valence-electron chi connectivity index (χ3n) is 2.38. The van der Waals surface area contributed by atoms with Gasteiger partial charge in [-0.25, -0.2) is 4.98 Å². The zero-order chi connectivity index (χ0) is 14.8. The Labute approximate surface area is 117 Å². The minimum absolute atomic E-state index is 0.237. The number of nitrogens with zero attached hydrogens (tertiary/aromatic N) is 3. The average Bonchev–Trinajstić information content (AvgIpc) is 2.77. The van der Waals surface area contributed by atoms with Crippen molar-refractivity contribution in [1.82, 2.24) is 14.4 Å². The average molecular weight is 297 g/mol. The molecular formula is C11H15N5O3S. The van der Waals surface area contributed by atoms with Crippen LogP contribution in [0.5, 0.6) is 0 Å². The molecule has 0 fully saturated rings. The van der Waals surface area contributed by atoms with Gasteiger partial charge in [0, 0.05) is 20.2 Å². The highest BCUT2D eigenvalue weighted by molar-refractivity contribution is 7.90.